The van der Waals surface area contributed by atoms with Crippen molar-refractivity contribution in [2.75, 3.05) is 6.61 Å². The summed E-state index contributed by atoms with van der Waals surface area (Å²) in [5.74, 6) is 0.0598. The Kier molecular flexibility index (Phi) is 5.87. The minimum Gasteiger partial charge on any atom is -0.494 e. The summed E-state index contributed by atoms with van der Waals surface area (Å²) >= 11 is 0. The first-order chi connectivity index (χ1) is 13.8. The van der Waals surface area contributed by atoms with Crippen LogP contribution in [0.15, 0.2) is 40.5 Å². The molecule has 4 amide bonds. The largest absolute Gasteiger partial charge is 0.494 e. The zero-order valence-electron chi connectivity index (χ0n) is 16.9. The van der Waals surface area contributed by atoms with Crippen LogP contribution in [0.4, 0.5) is 4.79 Å². The van der Waals surface area contributed by atoms with Crippen molar-refractivity contribution in [2.24, 2.45) is 0 Å². The molecule has 1 N–H and O–H groups in total. The summed E-state index contributed by atoms with van der Waals surface area (Å²) in [6, 6.07) is 6.39. The van der Waals surface area contributed by atoms with Gasteiger partial charge < -0.3 is 9.15 Å². The van der Waals surface area contributed by atoms with E-state index in [4.69, 9.17) is 9.15 Å². The van der Waals surface area contributed by atoms with Crippen molar-refractivity contribution in [2.45, 2.75) is 40.2 Å². The van der Waals surface area contributed by atoms with Crippen LogP contribution in [0.2, 0.25) is 0 Å². The maximum Gasteiger partial charge on any atom is 0.331 e. The van der Waals surface area contributed by atoms with Gasteiger partial charge in [-0.3, -0.25) is 19.8 Å². The van der Waals surface area contributed by atoms with Crippen LogP contribution in [-0.2, 0) is 16.1 Å². The minimum absolute atomic E-state index is 0.0538. The van der Waals surface area contributed by atoms with Gasteiger partial charge in [-0.1, -0.05) is 13.8 Å². The van der Waals surface area contributed by atoms with E-state index in [-0.39, 0.29) is 18.0 Å². The first-order valence-corrected chi connectivity index (χ1v) is 9.50. The van der Waals surface area contributed by atoms with E-state index in [1.165, 1.54) is 12.3 Å². The zero-order chi connectivity index (χ0) is 21.1. The van der Waals surface area contributed by atoms with E-state index < -0.39 is 17.8 Å². The summed E-state index contributed by atoms with van der Waals surface area (Å²) in [5, 5.41) is 2.22. The summed E-state index contributed by atoms with van der Waals surface area (Å²) < 4.78 is 10.9. The second-order valence-corrected chi connectivity index (χ2v) is 7.12. The molecule has 1 aliphatic rings. The standard InChI is InChI=1S/C22H24N2O5/c1-5-28-19-9-14(4)15(10-17(19)13(2)3)11-18-20(25)23-22(27)24(21(18)26)12-16-7-6-8-29-16/h6-11,13H,5,12H2,1-4H3,(H,23,25,27). The summed E-state index contributed by atoms with van der Waals surface area (Å²) in [6.07, 6.45) is 2.98. The predicted octanol–water partition coefficient (Wildman–Crippen LogP) is 3.77. The second kappa shape index (κ2) is 8.34. The number of nitrogens with one attached hydrogen (secondary N) is 1. The van der Waals surface area contributed by atoms with E-state index in [2.05, 4.69) is 5.32 Å². The molecule has 0 radical (unpaired) electrons. The van der Waals surface area contributed by atoms with Crippen LogP contribution in [0.3, 0.4) is 0 Å². The van der Waals surface area contributed by atoms with Gasteiger partial charge >= 0.3 is 6.03 Å². The van der Waals surface area contributed by atoms with E-state index in [1.807, 2.05) is 39.8 Å². The highest BCUT2D eigenvalue weighted by molar-refractivity contribution is 6.31. The van der Waals surface area contributed by atoms with Crippen LogP contribution in [0.5, 0.6) is 5.75 Å². The number of ether oxygens (including phenoxy) is 1. The van der Waals surface area contributed by atoms with E-state index in [9.17, 15) is 14.4 Å². The Morgan fingerprint density at radius 3 is 2.62 bits per heavy atom. The lowest BCUT2D eigenvalue weighted by Crippen LogP contribution is -2.53. The Morgan fingerprint density at radius 2 is 2.00 bits per heavy atom. The summed E-state index contributed by atoms with van der Waals surface area (Å²) in [7, 11) is 0. The molecule has 7 heteroatoms. The third-order valence-corrected chi connectivity index (χ3v) is 4.70. The van der Waals surface area contributed by atoms with Gasteiger partial charge in [0.2, 0.25) is 0 Å². The lowest BCUT2D eigenvalue weighted by molar-refractivity contribution is -0.130. The topological polar surface area (TPSA) is 88.8 Å². The first kappa shape index (κ1) is 20.4. The third-order valence-electron chi connectivity index (χ3n) is 4.70. The van der Waals surface area contributed by atoms with E-state index in [0.717, 1.165) is 27.3 Å². The van der Waals surface area contributed by atoms with Gasteiger partial charge in [0.25, 0.3) is 11.8 Å². The predicted molar refractivity (Wildman–Crippen MR) is 107 cm³/mol. The van der Waals surface area contributed by atoms with Gasteiger partial charge in [0.05, 0.1) is 19.4 Å². The van der Waals surface area contributed by atoms with Crippen molar-refractivity contribution in [3.05, 3.63) is 58.6 Å². The number of benzene rings is 1. The Labute approximate surface area is 169 Å². The molecule has 0 saturated carbocycles. The Balaban J connectivity index is 1.99. The SMILES string of the molecule is CCOc1cc(C)c(C=C2C(=O)NC(=O)N(Cc3ccco3)C2=O)cc1C(C)C. The van der Waals surface area contributed by atoms with Gasteiger partial charge in [-0.25, -0.2) is 4.79 Å². The van der Waals surface area contributed by atoms with Gasteiger partial charge in [0.1, 0.15) is 17.1 Å². The molecule has 152 valence electrons. The highest BCUT2D eigenvalue weighted by Crippen LogP contribution is 2.31. The first-order valence-electron chi connectivity index (χ1n) is 9.50. The summed E-state index contributed by atoms with van der Waals surface area (Å²) in [5.41, 5.74) is 2.47. The van der Waals surface area contributed by atoms with Crippen LogP contribution < -0.4 is 10.1 Å². The Hall–Kier alpha value is -3.35. The number of hydrogen-bond acceptors (Lipinski definition) is 5. The molecular weight excluding hydrogens is 372 g/mol. The highest BCUT2D eigenvalue weighted by Gasteiger charge is 2.36. The number of imide groups is 2. The van der Waals surface area contributed by atoms with Crippen molar-refractivity contribution in [1.29, 1.82) is 0 Å². The maximum atomic E-state index is 12.9. The van der Waals surface area contributed by atoms with Crippen LogP contribution in [-0.4, -0.2) is 29.4 Å². The minimum atomic E-state index is -0.764. The van der Waals surface area contributed by atoms with Crippen LogP contribution in [0.25, 0.3) is 6.08 Å². The zero-order valence-corrected chi connectivity index (χ0v) is 16.9. The average molecular weight is 396 g/mol. The summed E-state index contributed by atoms with van der Waals surface area (Å²) in [6.45, 7) is 8.39. The molecule has 2 heterocycles. The number of carbonyl (C=O) groups excluding carboxylic acids is 3. The second-order valence-electron chi connectivity index (χ2n) is 7.12. The number of aryl methyl sites for hydroxylation is 1. The number of amides is 4. The highest BCUT2D eigenvalue weighted by atomic mass is 16.5. The molecule has 1 aromatic carbocycles. The van der Waals surface area contributed by atoms with Crippen molar-refractivity contribution in [3.8, 4) is 5.75 Å². The average Bonchev–Trinajstić information content (AvgIpc) is 3.17. The molecule has 1 saturated heterocycles. The normalized spacial score (nSPS) is 16.0. The van der Waals surface area contributed by atoms with Crippen molar-refractivity contribution >= 4 is 23.9 Å². The number of barbiturate groups is 1. The van der Waals surface area contributed by atoms with Crippen molar-refractivity contribution in [1.82, 2.24) is 10.2 Å². The summed E-state index contributed by atoms with van der Waals surface area (Å²) in [4.78, 5) is 38.4. The molecule has 0 aliphatic carbocycles. The number of carbonyl (C=O) groups is 3. The molecule has 7 nitrogen and oxygen atoms in total. The lowest BCUT2D eigenvalue weighted by atomic mass is 9.95. The van der Waals surface area contributed by atoms with Crippen LogP contribution in [0, 0.1) is 6.92 Å². The van der Waals surface area contributed by atoms with Crippen molar-refractivity contribution in [3.63, 3.8) is 0 Å². The fourth-order valence-electron chi connectivity index (χ4n) is 3.15. The molecule has 0 spiro atoms. The van der Waals surface area contributed by atoms with E-state index >= 15 is 0 Å². The third kappa shape index (κ3) is 4.23. The molecule has 0 unspecified atom stereocenters. The number of urea groups is 1. The molecule has 0 atom stereocenters. The van der Waals surface area contributed by atoms with E-state index in [0.29, 0.717) is 12.4 Å². The number of furan rings is 1. The maximum absolute atomic E-state index is 12.9. The van der Waals surface area contributed by atoms with Gasteiger partial charge in [-0.2, -0.15) is 0 Å². The molecular formula is C22H24N2O5. The molecule has 0 bridgehead atoms. The lowest BCUT2D eigenvalue weighted by Gasteiger charge is -2.25. The quantitative estimate of drug-likeness (QED) is 0.593. The molecule has 29 heavy (non-hydrogen) atoms. The van der Waals surface area contributed by atoms with Gasteiger partial charge in [-0.15, -0.1) is 0 Å². The van der Waals surface area contributed by atoms with Gasteiger partial charge in [-0.05, 0) is 66.8 Å². The molecule has 1 aliphatic heterocycles. The van der Waals surface area contributed by atoms with Gasteiger partial charge in [0.15, 0.2) is 0 Å². The fourth-order valence-corrected chi connectivity index (χ4v) is 3.15. The van der Waals surface area contributed by atoms with Crippen LogP contribution >= 0.6 is 0 Å². The molecule has 2 aromatic rings. The van der Waals surface area contributed by atoms with Crippen molar-refractivity contribution < 1.29 is 23.5 Å². The molecule has 1 fully saturated rings. The van der Waals surface area contributed by atoms with E-state index in [1.54, 1.807) is 12.1 Å². The Morgan fingerprint density at radius 1 is 1.24 bits per heavy atom. The monoisotopic (exact) mass is 396 g/mol. The number of rotatable bonds is 6. The molecule has 1 aromatic heterocycles. The van der Waals surface area contributed by atoms with Gasteiger partial charge in [0, 0.05) is 0 Å². The molecule has 3 rings (SSSR count). The van der Waals surface area contributed by atoms with Crippen LogP contribution in [0.1, 0.15) is 49.1 Å². The Bertz CT molecular complexity index is 973. The fraction of sp³-hybridized carbons (Fsp3) is 0.318. The number of nitrogens with zero attached hydrogens (tertiary/aromatic N) is 1. The number of hydrogen-bond donors (Lipinski definition) is 1. The smallest absolute Gasteiger partial charge is 0.331 e.